The Bertz CT molecular complexity index is 540. The Morgan fingerprint density at radius 1 is 1.24 bits per heavy atom. The zero-order valence-corrected chi connectivity index (χ0v) is 13.2. The molecule has 1 unspecified atom stereocenters. The molecule has 21 heavy (non-hydrogen) atoms. The van der Waals surface area contributed by atoms with E-state index in [1.54, 1.807) is 25.5 Å². The lowest BCUT2D eigenvalue weighted by atomic mass is 10.1. The first-order chi connectivity index (χ1) is 10.3. The van der Waals surface area contributed by atoms with E-state index in [4.69, 9.17) is 4.74 Å². The molecule has 0 fully saturated rings. The molecule has 1 heterocycles. The van der Waals surface area contributed by atoms with E-state index in [0.717, 1.165) is 18.1 Å². The van der Waals surface area contributed by atoms with Crippen molar-refractivity contribution in [3.05, 3.63) is 58.3 Å². The van der Waals surface area contributed by atoms with Crippen LogP contribution >= 0.6 is 11.3 Å². The molecule has 1 aromatic carbocycles. The number of nitrogens with one attached hydrogen (secondary N) is 2. The standard InChI is InChI=1S/C16H21N3OS/c1-17-16(18-10-13-8-9-21-12-13)19-11-15(20-2)14-6-4-3-5-7-14/h3-9,12,15H,10-11H2,1-2H3,(H2,17,18,19). The number of guanidine groups is 1. The van der Waals surface area contributed by atoms with Crippen LogP contribution in [-0.2, 0) is 11.3 Å². The van der Waals surface area contributed by atoms with Crippen molar-refractivity contribution in [1.82, 2.24) is 10.6 Å². The molecule has 0 aliphatic rings. The fourth-order valence-corrected chi connectivity index (χ4v) is 2.66. The molecule has 0 aliphatic carbocycles. The van der Waals surface area contributed by atoms with Crippen LogP contribution in [0.2, 0.25) is 0 Å². The van der Waals surface area contributed by atoms with E-state index in [2.05, 4.69) is 44.6 Å². The Morgan fingerprint density at radius 3 is 2.67 bits per heavy atom. The van der Waals surface area contributed by atoms with Crippen molar-refractivity contribution in [1.29, 1.82) is 0 Å². The summed E-state index contributed by atoms with van der Waals surface area (Å²) in [6.45, 7) is 1.44. The summed E-state index contributed by atoms with van der Waals surface area (Å²) in [4.78, 5) is 4.23. The summed E-state index contributed by atoms with van der Waals surface area (Å²) in [6, 6.07) is 12.3. The molecule has 0 aliphatic heterocycles. The molecule has 0 saturated carbocycles. The second kappa shape index (κ2) is 8.44. The highest BCUT2D eigenvalue weighted by atomic mass is 32.1. The van der Waals surface area contributed by atoms with Gasteiger partial charge in [0.25, 0.3) is 0 Å². The highest BCUT2D eigenvalue weighted by molar-refractivity contribution is 7.07. The van der Waals surface area contributed by atoms with E-state index >= 15 is 0 Å². The molecule has 0 bridgehead atoms. The van der Waals surface area contributed by atoms with Gasteiger partial charge in [-0.25, -0.2) is 0 Å². The maximum absolute atomic E-state index is 5.54. The largest absolute Gasteiger partial charge is 0.375 e. The van der Waals surface area contributed by atoms with Gasteiger partial charge in [0.15, 0.2) is 5.96 Å². The second-order valence-electron chi connectivity index (χ2n) is 4.57. The zero-order valence-electron chi connectivity index (χ0n) is 12.4. The molecular weight excluding hydrogens is 282 g/mol. The smallest absolute Gasteiger partial charge is 0.191 e. The average molecular weight is 303 g/mol. The lowest BCUT2D eigenvalue weighted by molar-refractivity contribution is 0.106. The monoisotopic (exact) mass is 303 g/mol. The van der Waals surface area contributed by atoms with Crippen LogP contribution < -0.4 is 10.6 Å². The number of hydrogen-bond acceptors (Lipinski definition) is 3. The Balaban J connectivity index is 1.84. The van der Waals surface area contributed by atoms with Crippen LogP contribution in [0.5, 0.6) is 0 Å². The Morgan fingerprint density at radius 2 is 2.05 bits per heavy atom. The molecule has 5 heteroatoms. The highest BCUT2D eigenvalue weighted by Crippen LogP contribution is 2.14. The zero-order chi connectivity index (χ0) is 14.9. The summed E-state index contributed by atoms with van der Waals surface area (Å²) < 4.78 is 5.54. The second-order valence-corrected chi connectivity index (χ2v) is 5.35. The minimum absolute atomic E-state index is 0.00546. The minimum Gasteiger partial charge on any atom is -0.375 e. The summed E-state index contributed by atoms with van der Waals surface area (Å²) in [7, 11) is 3.49. The van der Waals surface area contributed by atoms with Gasteiger partial charge >= 0.3 is 0 Å². The molecule has 2 rings (SSSR count). The first-order valence-electron chi connectivity index (χ1n) is 6.87. The van der Waals surface area contributed by atoms with Gasteiger partial charge in [-0.05, 0) is 28.0 Å². The third-order valence-corrected chi connectivity index (χ3v) is 3.91. The van der Waals surface area contributed by atoms with Crippen molar-refractivity contribution in [2.75, 3.05) is 20.7 Å². The Kier molecular flexibility index (Phi) is 6.24. The molecule has 1 atom stereocenters. The van der Waals surface area contributed by atoms with Crippen molar-refractivity contribution < 1.29 is 4.74 Å². The van der Waals surface area contributed by atoms with E-state index in [1.165, 1.54) is 5.56 Å². The SMILES string of the molecule is CN=C(NCc1ccsc1)NCC(OC)c1ccccc1. The van der Waals surface area contributed by atoms with Crippen LogP contribution in [0.25, 0.3) is 0 Å². The van der Waals surface area contributed by atoms with E-state index in [-0.39, 0.29) is 6.10 Å². The van der Waals surface area contributed by atoms with E-state index < -0.39 is 0 Å². The number of thiophene rings is 1. The first-order valence-corrected chi connectivity index (χ1v) is 7.81. The van der Waals surface area contributed by atoms with Gasteiger partial charge in [0.05, 0.1) is 6.10 Å². The maximum Gasteiger partial charge on any atom is 0.191 e. The molecule has 2 N–H and O–H groups in total. The summed E-state index contributed by atoms with van der Waals surface area (Å²) >= 11 is 1.70. The topological polar surface area (TPSA) is 45.7 Å². The molecule has 4 nitrogen and oxygen atoms in total. The van der Waals surface area contributed by atoms with Crippen LogP contribution in [-0.4, -0.2) is 26.7 Å². The first kappa shape index (κ1) is 15.5. The molecule has 0 spiro atoms. The van der Waals surface area contributed by atoms with Gasteiger partial charge in [-0.15, -0.1) is 0 Å². The lowest BCUT2D eigenvalue weighted by Gasteiger charge is -2.18. The third-order valence-electron chi connectivity index (χ3n) is 3.17. The van der Waals surface area contributed by atoms with Gasteiger partial charge in [-0.2, -0.15) is 11.3 Å². The maximum atomic E-state index is 5.54. The van der Waals surface area contributed by atoms with Crippen molar-refractivity contribution in [2.45, 2.75) is 12.6 Å². The fraction of sp³-hybridized carbons (Fsp3) is 0.312. The van der Waals surface area contributed by atoms with Gasteiger partial charge in [0, 0.05) is 27.2 Å². The number of aliphatic imine (C=N–C) groups is 1. The number of benzene rings is 1. The van der Waals surface area contributed by atoms with Crippen molar-refractivity contribution in [3.8, 4) is 0 Å². The van der Waals surface area contributed by atoms with E-state index in [0.29, 0.717) is 6.54 Å². The summed E-state index contributed by atoms with van der Waals surface area (Å²) in [5, 5.41) is 10.8. The van der Waals surface area contributed by atoms with Crippen molar-refractivity contribution >= 4 is 17.3 Å². The van der Waals surface area contributed by atoms with Gasteiger partial charge in [-0.1, -0.05) is 30.3 Å². The highest BCUT2D eigenvalue weighted by Gasteiger charge is 2.10. The molecular formula is C16H21N3OS. The predicted molar refractivity (Wildman–Crippen MR) is 88.7 cm³/mol. The van der Waals surface area contributed by atoms with Gasteiger partial charge in [0.1, 0.15) is 0 Å². The van der Waals surface area contributed by atoms with Crippen LogP contribution in [0, 0.1) is 0 Å². The van der Waals surface area contributed by atoms with Gasteiger partial charge in [-0.3, -0.25) is 4.99 Å². The quantitative estimate of drug-likeness (QED) is 0.637. The summed E-state index contributed by atoms with van der Waals surface area (Å²) in [5.74, 6) is 0.777. The van der Waals surface area contributed by atoms with Crippen LogP contribution in [0.4, 0.5) is 0 Å². The molecule has 0 radical (unpaired) electrons. The summed E-state index contributed by atoms with van der Waals surface area (Å²) in [5.41, 5.74) is 2.41. The number of nitrogens with zero attached hydrogens (tertiary/aromatic N) is 1. The number of rotatable bonds is 6. The molecule has 2 aromatic rings. The Hall–Kier alpha value is -1.85. The molecule has 0 amide bonds. The van der Waals surface area contributed by atoms with Crippen molar-refractivity contribution in [3.63, 3.8) is 0 Å². The summed E-state index contributed by atoms with van der Waals surface area (Å²) in [6.07, 6.45) is 0.00546. The molecule has 0 saturated heterocycles. The normalized spacial score (nSPS) is 13.0. The fourth-order valence-electron chi connectivity index (χ4n) is 1.99. The average Bonchev–Trinajstić information content (AvgIpc) is 3.05. The minimum atomic E-state index is 0.00546. The van der Waals surface area contributed by atoms with Gasteiger partial charge in [0.2, 0.25) is 0 Å². The lowest BCUT2D eigenvalue weighted by Crippen LogP contribution is -2.39. The number of ether oxygens (including phenoxy) is 1. The number of hydrogen-bond donors (Lipinski definition) is 2. The van der Waals surface area contributed by atoms with E-state index in [1.807, 2.05) is 18.2 Å². The van der Waals surface area contributed by atoms with E-state index in [9.17, 15) is 0 Å². The van der Waals surface area contributed by atoms with Crippen LogP contribution in [0.15, 0.2) is 52.2 Å². The molecule has 112 valence electrons. The van der Waals surface area contributed by atoms with Crippen LogP contribution in [0.1, 0.15) is 17.2 Å². The molecule has 1 aromatic heterocycles. The van der Waals surface area contributed by atoms with Gasteiger partial charge < -0.3 is 15.4 Å². The number of methoxy groups -OCH3 is 1. The Labute approximate surface area is 129 Å². The predicted octanol–water partition coefficient (Wildman–Crippen LogP) is 2.80. The van der Waals surface area contributed by atoms with Crippen LogP contribution in [0.3, 0.4) is 0 Å². The third kappa shape index (κ3) is 4.88. The van der Waals surface area contributed by atoms with Crippen molar-refractivity contribution in [2.24, 2.45) is 4.99 Å².